The third-order valence-corrected chi connectivity index (χ3v) is 3.33. The fraction of sp³-hybridized carbons (Fsp3) is 0.533. The van der Waals surface area contributed by atoms with Gasteiger partial charge in [-0.3, -0.25) is 4.79 Å². The van der Waals surface area contributed by atoms with Crippen LogP contribution in [0.5, 0.6) is 0 Å². The summed E-state index contributed by atoms with van der Waals surface area (Å²) < 4.78 is 4.85. The van der Waals surface area contributed by atoms with Gasteiger partial charge in [-0.25, -0.2) is 0 Å². The van der Waals surface area contributed by atoms with Crippen LogP contribution in [-0.2, 0) is 28.8 Å². The molecule has 0 radical (unpaired) electrons. The van der Waals surface area contributed by atoms with E-state index in [4.69, 9.17) is 4.74 Å². The zero-order valence-corrected chi connectivity index (χ0v) is 11.0. The molecule has 0 saturated carbocycles. The highest BCUT2D eigenvalue weighted by atomic mass is 16.5. The Bertz CT molecular complexity index is 415. The largest absolute Gasteiger partial charge is 0.465 e. The lowest BCUT2D eigenvalue weighted by molar-refractivity contribution is -0.141. The molecule has 3 heteroatoms. The molecule has 18 heavy (non-hydrogen) atoms. The van der Waals surface area contributed by atoms with Gasteiger partial charge in [-0.2, -0.15) is 0 Å². The number of esters is 1. The summed E-state index contributed by atoms with van der Waals surface area (Å²) in [7, 11) is 0. The van der Waals surface area contributed by atoms with E-state index in [1.165, 1.54) is 36.0 Å². The van der Waals surface area contributed by atoms with Gasteiger partial charge in [0.1, 0.15) is 0 Å². The van der Waals surface area contributed by atoms with Gasteiger partial charge < -0.3 is 10.1 Å². The van der Waals surface area contributed by atoms with Crippen molar-refractivity contribution in [2.45, 2.75) is 32.6 Å². The van der Waals surface area contributed by atoms with E-state index in [1.807, 2.05) is 6.92 Å². The minimum Gasteiger partial charge on any atom is -0.465 e. The lowest BCUT2D eigenvalue weighted by Gasteiger charge is -2.06. The Morgan fingerprint density at radius 1 is 1.33 bits per heavy atom. The number of ether oxygens (including phenoxy) is 1. The second-order valence-corrected chi connectivity index (χ2v) is 4.69. The van der Waals surface area contributed by atoms with E-state index < -0.39 is 0 Å². The predicted molar refractivity (Wildman–Crippen MR) is 71.7 cm³/mol. The first-order valence-corrected chi connectivity index (χ1v) is 6.76. The summed E-state index contributed by atoms with van der Waals surface area (Å²) in [6, 6.07) is 6.77. The normalized spacial score (nSPS) is 13.4. The van der Waals surface area contributed by atoms with Crippen molar-refractivity contribution >= 4 is 5.97 Å². The van der Waals surface area contributed by atoms with Crippen LogP contribution in [-0.4, -0.2) is 25.7 Å². The lowest BCUT2D eigenvalue weighted by Crippen LogP contribution is -2.26. The smallest absolute Gasteiger partial charge is 0.319 e. The molecule has 1 aromatic carbocycles. The summed E-state index contributed by atoms with van der Waals surface area (Å²) >= 11 is 0. The van der Waals surface area contributed by atoms with Crippen molar-refractivity contribution < 1.29 is 9.53 Å². The molecule has 0 amide bonds. The maximum atomic E-state index is 11.1. The van der Waals surface area contributed by atoms with Crippen LogP contribution in [0.1, 0.15) is 30.0 Å². The molecular weight excluding hydrogens is 226 g/mol. The van der Waals surface area contributed by atoms with Crippen molar-refractivity contribution in [2.75, 3.05) is 19.7 Å². The Balaban J connectivity index is 1.72. The number of hydrogen-bond acceptors (Lipinski definition) is 3. The number of rotatable bonds is 6. The summed E-state index contributed by atoms with van der Waals surface area (Å²) in [6.07, 6.45) is 4.71. The molecule has 0 saturated heterocycles. The first kappa shape index (κ1) is 13.1. The molecular formula is C15H21NO2. The first-order valence-electron chi connectivity index (χ1n) is 6.76. The molecule has 0 aromatic heterocycles. The highest BCUT2D eigenvalue weighted by molar-refractivity contribution is 5.71. The number of carbonyl (C=O) groups excluding carboxylic acids is 1. The predicted octanol–water partition coefficient (Wildman–Crippen LogP) is 1.87. The number of aryl methyl sites for hydroxylation is 2. The molecule has 0 heterocycles. The second kappa shape index (κ2) is 6.55. The molecule has 0 unspecified atom stereocenters. The Morgan fingerprint density at radius 3 is 3.00 bits per heavy atom. The van der Waals surface area contributed by atoms with Crippen molar-refractivity contribution in [3.63, 3.8) is 0 Å². The van der Waals surface area contributed by atoms with Gasteiger partial charge in [0, 0.05) is 0 Å². The fourth-order valence-electron chi connectivity index (χ4n) is 2.42. The minimum atomic E-state index is -0.175. The molecule has 1 aliphatic rings. The zero-order valence-electron chi connectivity index (χ0n) is 11.0. The van der Waals surface area contributed by atoms with Gasteiger partial charge in [0.15, 0.2) is 0 Å². The minimum absolute atomic E-state index is 0.175. The maximum Gasteiger partial charge on any atom is 0.319 e. The molecule has 0 spiro atoms. The number of benzene rings is 1. The van der Waals surface area contributed by atoms with Crippen molar-refractivity contribution in [2.24, 2.45) is 0 Å². The first-order chi connectivity index (χ1) is 8.79. The van der Waals surface area contributed by atoms with Gasteiger partial charge in [-0.05, 0) is 55.8 Å². The van der Waals surface area contributed by atoms with Crippen molar-refractivity contribution in [1.82, 2.24) is 5.32 Å². The van der Waals surface area contributed by atoms with E-state index >= 15 is 0 Å². The summed E-state index contributed by atoms with van der Waals surface area (Å²) in [5, 5.41) is 3.11. The van der Waals surface area contributed by atoms with Crippen LogP contribution in [0.3, 0.4) is 0 Å². The summed E-state index contributed by atoms with van der Waals surface area (Å²) in [5.41, 5.74) is 4.38. The second-order valence-electron chi connectivity index (χ2n) is 4.69. The van der Waals surface area contributed by atoms with Gasteiger partial charge in [0.25, 0.3) is 0 Å². The van der Waals surface area contributed by atoms with E-state index in [0.717, 1.165) is 13.0 Å². The monoisotopic (exact) mass is 247 g/mol. The van der Waals surface area contributed by atoms with E-state index in [2.05, 4.69) is 23.5 Å². The molecule has 3 nitrogen and oxygen atoms in total. The molecule has 0 bridgehead atoms. The zero-order chi connectivity index (χ0) is 12.8. The summed E-state index contributed by atoms with van der Waals surface area (Å²) in [5.74, 6) is -0.175. The number of hydrogen-bond donors (Lipinski definition) is 1. The Hall–Kier alpha value is -1.35. The van der Waals surface area contributed by atoms with Crippen molar-refractivity contribution in [3.8, 4) is 0 Å². The number of carbonyl (C=O) groups is 1. The molecule has 1 aromatic rings. The Kier molecular flexibility index (Phi) is 4.76. The Morgan fingerprint density at radius 2 is 2.17 bits per heavy atom. The molecule has 0 atom stereocenters. The maximum absolute atomic E-state index is 11.1. The Labute approximate surface area is 109 Å². The molecule has 0 aliphatic heterocycles. The summed E-state index contributed by atoms with van der Waals surface area (Å²) in [4.78, 5) is 11.1. The van der Waals surface area contributed by atoms with Gasteiger partial charge >= 0.3 is 5.97 Å². The SMILES string of the molecule is CCOC(=O)CNCCc1ccc2c(c1)CCC2. The third kappa shape index (κ3) is 3.57. The van der Waals surface area contributed by atoms with Gasteiger partial charge in [0.2, 0.25) is 0 Å². The topological polar surface area (TPSA) is 38.3 Å². The highest BCUT2D eigenvalue weighted by Gasteiger charge is 2.10. The molecule has 2 rings (SSSR count). The average Bonchev–Trinajstić information content (AvgIpc) is 2.82. The van der Waals surface area contributed by atoms with E-state index in [-0.39, 0.29) is 5.97 Å². The average molecular weight is 247 g/mol. The van der Waals surface area contributed by atoms with Crippen LogP contribution in [0.2, 0.25) is 0 Å². The van der Waals surface area contributed by atoms with E-state index in [0.29, 0.717) is 13.2 Å². The highest BCUT2D eigenvalue weighted by Crippen LogP contribution is 2.22. The fourth-order valence-corrected chi connectivity index (χ4v) is 2.42. The molecule has 1 N–H and O–H groups in total. The molecule has 98 valence electrons. The van der Waals surface area contributed by atoms with Crippen molar-refractivity contribution in [1.29, 1.82) is 0 Å². The van der Waals surface area contributed by atoms with Crippen LogP contribution in [0.4, 0.5) is 0 Å². The van der Waals surface area contributed by atoms with Gasteiger partial charge in [0.05, 0.1) is 13.2 Å². The van der Waals surface area contributed by atoms with E-state index in [9.17, 15) is 4.79 Å². The number of fused-ring (bicyclic) bond motifs is 1. The lowest BCUT2D eigenvalue weighted by atomic mass is 10.0. The van der Waals surface area contributed by atoms with Crippen LogP contribution < -0.4 is 5.32 Å². The van der Waals surface area contributed by atoms with Crippen LogP contribution >= 0.6 is 0 Å². The standard InChI is InChI=1S/C15H21NO2/c1-2-18-15(17)11-16-9-8-12-6-7-13-4-3-5-14(13)10-12/h6-7,10,16H,2-5,8-9,11H2,1H3. The molecule has 0 fully saturated rings. The van der Waals surface area contributed by atoms with Crippen molar-refractivity contribution in [3.05, 3.63) is 34.9 Å². The van der Waals surface area contributed by atoms with Gasteiger partial charge in [-0.15, -0.1) is 0 Å². The van der Waals surface area contributed by atoms with Gasteiger partial charge in [-0.1, -0.05) is 18.2 Å². The molecule has 1 aliphatic carbocycles. The van der Waals surface area contributed by atoms with Crippen LogP contribution in [0.15, 0.2) is 18.2 Å². The quantitative estimate of drug-likeness (QED) is 0.616. The van der Waals surface area contributed by atoms with E-state index in [1.54, 1.807) is 0 Å². The summed E-state index contributed by atoms with van der Waals surface area (Å²) in [6.45, 7) is 3.39. The number of nitrogens with one attached hydrogen (secondary N) is 1. The van der Waals surface area contributed by atoms with Crippen LogP contribution in [0, 0.1) is 0 Å². The van der Waals surface area contributed by atoms with Crippen LogP contribution in [0.25, 0.3) is 0 Å². The third-order valence-electron chi connectivity index (χ3n) is 3.33.